The standard InChI is InChI=1S/C10H16ClN3O/c1-15-10-2-4-13(5-3-10)8-14-7-9(11)6-12-14/h6-7,10H,2-5,8H2,1H3. The van der Waals surface area contributed by atoms with Crippen molar-refractivity contribution in [2.24, 2.45) is 0 Å². The van der Waals surface area contributed by atoms with Crippen molar-refractivity contribution in [3.63, 3.8) is 0 Å². The molecule has 0 spiro atoms. The fraction of sp³-hybridized carbons (Fsp3) is 0.700. The lowest BCUT2D eigenvalue weighted by molar-refractivity contribution is 0.0304. The van der Waals surface area contributed by atoms with Crippen LogP contribution in [-0.4, -0.2) is 41.0 Å². The Morgan fingerprint density at radius 2 is 2.27 bits per heavy atom. The maximum atomic E-state index is 5.80. The molecule has 5 heteroatoms. The molecule has 2 heterocycles. The second-order valence-electron chi connectivity index (χ2n) is 3.89. The van der Waals surface area contributed by atoms with E-state index in [1.165, 1.54) is 0 Å². The van der Waals surface area contributed by atoms with E-state index in [1.54, 1.807) is 13.3 Å². The maximum absolute atomic E-state index is 5.80. The van der Waals surface area contributed by atoms with Gasteiger partial charge < -0.3 is 4.74 Å². The number of methoxy groups -OCH3 is 1. The number of halogens is 1. The number of rotatable bonds is 3. The zero-order valence-electron chi connectivity index (χ0n) is 8.90. The molecule has 0 unspecified atom stereocenters. The summed E-state index contributed by atoms with van der Waals surface area (Å²) < 4.78 is 7.19. The Hall–Kier alpha value is -0.580. The Morgan fingerprint density at radius 1 is 1.53 bits per heavy atom. The van der Waals surface area contributed by atoms with Crippen molar-refractivity contribution in [1.29, 1.82) is 0 Å². The number of hydrogen-bond acceptors (Lipinski definition) is 3. The van der Waals surface area contributed by atoms with Gasteiger partial charge in [0, 0.05) is 26.4 Å². The van der Waals surface area contributed by atoms with Gasteiger partial charge in [-0.25, -0.2) is 0 Å². The molecular weight excluding hydrogens is 214 g/mol. The minimum atomic E-state index is 0.433. The van der Waals surface area contributed by atoms with Crippen LogP contribution >= 0.6 is 11.6 Å². The lowest BCUT2D eigenvalue weighted by atomic mass is 10.1. The van der Waals surface area contributed by atoms with Crippen molar-refractivity contribution in [3.05, 3.63) is 17.4 Å². The van der Waals surface area contributed by atoms with Gasteiger partial charge >= 0.3 is 0 Å². The molecule has 0 saturated carbocycles. The molecule has 1 aromatic rings. The molecule has 4 nitrogen and oxygen atoms in total. The van der Waals surface area contributed by atoms with Crippen LogP contribution in [0.3, 0.4) is 0 Å². The smallest absolute Gasteiger partial charge is 0.0929 e. The second kappa shape index (κ2) is 4.96. The third kappa shape index (κ3) is 2.93. The zero-order chi connectivity index (χ0) is 10.7. The quantitative estimate of drug-likeness (QED) is 0.789. The van der Waals surface area contributed by atoms with Crippen LogP contribution < -0.4 is 0 Å². The lowest BCUT2D eigenvalue weighted by Gasteiger charge is -2.30. The van der Waals surface area contributed by atoms with Gasteiger partial charge in [0.2, 0.25) is 0 Å². The van der Waals surface area contributed by atoms with Gasteiger partial charge in [0.15, 0.2) is 0 Å². The summed E-state index contributed by atoms with van der Waals surface area (Å²) in [5.41, 5.74) is 0. The van der Waals surface area contributed by atoms with E-state index in [0.29, 0.717) is 11.1 Å². The number of piperidine rings is 1. The lowest BCUT2D eigenvalue weighted by Crippen LogP contribution is -2.37. The average Bonchev–Trinajstić information content (AvgIpc) is 2.65. The molecule has 0 amide bonds. The van der Waals surface area contributed by atoms with Gasteiger partial charge in [0.25, 0.3) is 0 Å². The van der Waals surface area contributed by atoms with Crippen LogP contribution in [0.2, 0.25) is 5.02 Å². The van der Waals surface area contributed by atoms with E-state index >= 15 is 0 Å². The van der Waals surface area contributed by atoms with Gasteiger partial charge in [-0.3, -0.25) is 9.58 Å². The van der Waals surface area contributed by atoms with E-state index in [2.05, 4.69) is 10.00 Å². The Labute approximate surface area is 94.8 Å². The SMILES string of the molecule is COC1CCN(Cn2cc(Cl)cn2)CC1. The predicted octanol–water partition coefficient (Wildman–Crippen LogP) is 1.60. The Balaban J connectivity index is 1.82. The van der Waals surface area contributed by atoms with E-state index < -0.39 is 0 Å². The maximum Gasteiger partial charge on any atom is 0.0929 e. The molecule has 84 valence electrons. The predicted molar refractivity (Wildman–Crippen MR) is 58.8 cm³/mol. The van der Waals surface area contributed by atoms with Crippen molar-refractivity contribution in [2.45, 2.75) is 25.6 Å². The molecule has 0 aliphatic carbocycles. The molecule has 0 atom stereocenters. The van der Waals surface area contributed by atoms with Crippen LogP contribution in [0.4, 0.5) is 0 Å². The highest BCUT2D eigenvalue weighted by molar-refractivity contribution is 6.30. The molecule has 1 aromatic heterocycles. The fourth-order valence-electron chi connectivity index (χ4n) is 1.91. The second-order valence-corrected chi connectivity index (χ2v) is 4.33. The first-order valence-electron chi connectivity index (χ1n) is 5.21. The van der Waals surface area contributed by atoms with E-state index in [4.69, 9.17) is 16.3 Å². The van der Waals surface area contributed by atoms with Crippen LogP contribution in [0.5, 0.6) is 0 Å². The summed E-state index contributed by atoms with van der Waals surface area (Å²) in [6.07, 6.45) is 6.16. The molecule has 15 heavy (non-hydrogen) atoms. The van der Waals surface area contributed by atoms with Crippen LogP contribution in [0, 0.1) is 0 Å². The summed E-state index contributed by atoms with van der Waals surface area (Å²) in [6, 6.07) is 0. The largest absolute Gasteiger partial charge is 0.381 e. The zero-order valence-corrected chi connectivity index (χ0v) is 9.65. The van der Waals surface area contributed by atoms with E-state index in [9.17, 15) is 0 Å². The third-order valence-corrected chi connectivity index (χ3v) is 3.01. The van der Waals surface area contributed by atoms with Gasteiger partial charge in [-0.2, -0.15) is 5.10 Å². The normalized spacial score (nSPS) is 19.6. The van der Waals surface area contributed by atoms with Crippen molar-refractivity contribution in [3.8, 4) is 0 Å². The topological polar surface area (TPSA) is 30.3 Å². The molecule has 1 saturated heterocycles. The van der Waals surface area contributed by atoms with E-state index in [0.717, 1.165) is 32.6 Å². The third-order valence-electron chi connectivity index (χ3n) is 2.81. The van der Waals surface area contributed by atoms with Crippen LogP contribution in [0.1, 0.15) is 12.8 Å². The first-order chi connectivity index (χ1) is 7.28. The van der Waals surface area contributed by atoms with Crippen LogP contribution in [0.15, 0.2) is 12.4 Å². The summed E-state index contributed by atoms with van der Waals surface area (Å²) in [4.78, 5) is 2.36. The number of ether oxygens (including phenoxy) is 1. The molecule has 0 bridgehead atoms. The molecule has 2 rings (SSSR count). The van der Waals surface area contributed by atoms with Crippen molar-refractivity contribution in [1.82, 2.24) is 14.7 Å². The Morgan fingerprint density at radius 3 is 2.80 bits per heavy atom. The Kier molecular flexibility index (Phi) is 3.61. The van der Waals surface area contributed by atoms with Gasteiger partial charge in [-0.1, -0.05) is 11.6 Å². The summed E-state index contributed by atoms with van der Waals surface area (Å²) in [5.74, 6) is 0. The highest BCUT2D eigenvalue weighted by Gasteiger charge is 2.18. The number of nitrogens with zero attached hydrogens (tertiary/aromatic N) is 3. The first-order valence-corrected chi connectivity index (χ1v) is 5.59. The first kappa shape index (κ1) is 10.9. The average molecular weight is 230 g/mol. The number of likely N-dealkylation sites (tertiary alicyclic amines) is 1. The highest BCUT2D eigenvalue weighted by atomic mass is 35.5. The van der Waals surface area contributed by atoms with Gasteiger partial charge in [0.1, 0.15) is 0 Å². The molecule has 1 aliphatic heterocycles. The molecular formula is C10H16ClN3O. The molecule has 0 radical (unpaired) electrons. The number of hydrogen-bond donors (Lipinski definition) is 0. The number of aromatic nitrogens is 2. The summed E-state index contributed by atoms with van der Waals surface area (Å²) >= 11 is 5.80. The summed E-state index contributed by atoms with van der Waals surface area (Å²) in [7, 11) is 1.79. The Bertz CT molecular complexity index is 307. The van der Waals surface area contributed by atoms with E-state index in [1.807, 2.05) is 10.9 Å². The van der Waals surface area contributed by atoms with Crippen LogP contribution in [-0.2, 0) is 11.4 Å². The van der Waals surface area contributed by atoms with Crippen LogP contribution in [0.25, 0.3) is 0 Å². The minimum absolute atomic E-state index is 0.433. The molecule has 1 aliphatic rings. The molecule has 1 fully saturated rings. The minimum Gasteiger partial charge on any atom is -0.381 e. The van der Waals surface area contributed by atoms with Gasteiger partial charge in [-0.15, -0.1) is 0 Å². The summed E-state index contributed by atoms with van der Waals surface area (Å²) in [5, 5.41) is 4.86. The summed E-state index contributed by atoms with van der Waals surface area (Å²) in [6.45, 7) is 2.95. The van der Waals surface area contributed by atoms with Gasteiger partial charge in [-0.05, 0) is 12.8 Å². The van der Waals surface area contributed by atoms with E-state index in [-0.39, 0.29) is 0 Å². The molecule has 0 N–H and O–H groups in total. The monoisotopic (exact) mass is 229 g/mol. The fourth-order valence-corrected chi connectivity index (χ4v) is 2.06. The van der Waals surface area contributed by atoms with Crippen molar-refractivity contribution >= 4 is 11.6 Å². The molecule has 0 aromatic carbocycles. The highest BCUT2D eigenvalue weighted by Crippen LogP contribution is 2.14. The van der Waals surface area contributed by atoms with Gasteiger partial charge in [0.05, 0.1) is 24.0 Å². The van der Waals surface area contributed by atoms with Crippen molar-refractivity contribution < 1.29 is 4.74 Å². The van der Waals surface area contributed by atoms with Crippen molar-refractivity contribution in [2.75, 3.05) is 20.2 Å².